The molecule has 10 heteroatoms. The summed E-state index contributed by atoms with van der Waals surface area (Å²) >= 11 is 0. The molecule has 1 N–H and O–H groups in total. The van der Waals surface area contributed by atoms with Gasteiger partial charge in [-0.1, -0.05) is 12.1 Å². The molecule has 1 aromatic rings. The zero-order valence-electron chi connectivity index (χ0n) is 18.7. The van der Waals surface area contributed by atoms with Crippen LogP contribution in [0.3, 0.4) is 0 Å². The molecule has 1 aromatic carbocycles. The smallest absolute Gasteiger partial charge is 0.428 e. The third-order valence-corrected chi connectivity index (χ3v) is 4.17. The maximum absolute atomic E-state index is 14.9. The van der Waals surface area contributed by atoms with Gasteiger partial charge in [-0.05, 0) is 66.2 Å². The molecule has 0 aromatic heterocycles. The van der Waals surface area contributed by atoms with Crippen LogP contribution in [0.5, 0.6) is 5.75 Å². The van der Waals surface area contributed by atoms with Crippen molar-refractivity contribution in [3.05, 3.63) is 29.8 Å². The van der Waals surface area contributed by atoms with E-state index in [1.54, 1.807) is 41.5 Å². The van der Waals surface area contributed by atoms with Gasteiger partial charge in [0, 0.05) is 0 Å². The normalized spacial score (nSPS) is 20.9. The number of amidine groups is 1. The van der Waals surface area contributed by atoms with E-state index in [2.05, 4.69) is 4.99 Å². The number of nitrogens with zero attached hydrogens (tertiary/aromatic N) is 2. The quantitative estimate of drug-likeness (QED) is 0.671. The number of carbonyl (C=O) groups is 2. The molecule has 1 atom stereocenters. The number of hydrogen-bond donors (Lipinski definition) is 1. The van der Waals surface area contributed by atoms with Crippen LogP contribution < -0.4 is 0 Å². The molecule has 2 amide bonds. The van der Waals surface area contributed by atoms with Crippen LogP contribution in [-0.2, 0) is 19.7 Å². The first-order valence-corrected chi connectivity index (χ1v) is 9.61. The fraction of sp³-hybridized carbons (Fsp3) is 0.571. The number of hydrogen-bond acceptors (Lipinski definition) is 7. The Morgan fingerprint density at radius 2 is 1.61 bits per heavy atom. The van der Waals surface area contributed by atoms with E-state index < -0.39 is 47.5 Å². The Labute approximate surface area is 179 Å². The maximum Gasteiger partial charge on any atom is 0.428 e. The molecule has 0 spiro atoms. The number of phenols is 1. The van der Waals surface area contributed by atoms with E-state index in [0.29, 0.717) is 4.90 Å². The number of imide groups is 1. The molecule has 0 aliphatic carbocycles. The lowest BCUT2D eigenvalue weighted by atomic mass is 9.85. The van der Waals surface area contributed by atoms with Crippen molar-refractivity contribution < 1.29 is 37.7 Å². The predicted octanol–water partition coefficient (Wildman–Crippen LogP) is 4.80. The molecule has 2 rings (SSSR count). The Morgan fingerprint density at radius 3 is 2.06 bits per heavy atom. The van der Waals surface area contributed by atoms with E-state index in [-0.39, 0.29) is 11.3 Å². The van der Waals surface area contributed by atoms with Crippen LogP contribution in [0.25, 0.3) is 0 Å². The average molecular weight is 442 g/mol. The van der Waals surface area contributed by atoms with Crippen molar-refractivity contribution >= 4 is 18.2 Å². The summed E-state index contributed by atoms with van der Waals surface area (Å²) in [6.45, 7) is 9.41. The molecule has 8 nitrogen and oxygen atoms in total. The first kappa shape index (κ1) is 24.4. The summed E-state index contributed by atoms with van der Waals surface area (Å²) in [5.41, 5.74) is -4.27. The summed E-state index contributed by atoms with van der Waals surface area (Å²) in [5, 5.41) is 9.75. The van der Waals surface area contributed by atoms with Crippen LogP contribution in [0.15, 0.2) is 29.3 Å². The van der Waals surface area contributed by atoms with Gasteiger partial charge in [-0.15, -0.1) is 4.90 Å². The van der Waals surface area contributed by atoms with Gasteiger partial charge in [-0.2, -0.15) is 8.78 Å². The van der Waals surface area contributed by atoms with Gasteiger partial charge in [-0.25, -0.2) is 14.6 Å². The largest absolute Gasteiger partial charge is 0.508 e. The second-order valence-electron chi connectivity index (χ2n) is 9.31. The Balaban J connectivity index is 2.59. The molecular weight excluding hydrogens is 414 g/mol. The highest BCUT2D eigenvalue weighted by atomic mass is 19.3. The molecule has 1 heterocycles. The lowest BCUT2D eigenvalue weighted by molar-refractivity contribution is -0.120. The molecule has 0 bridgehead atoms. The van der Waals surface area contributed by atoms with Gasteiger partial charge in [0.1, 0.15) is 17.0 Å². The van der Waals surface area contributed by atoms with Crippen LogP contribution in [0.2, 0.25) is 0 Å². The summed E-state index contributed by atoms with van der Waals surface area (Å²) in [6.07, 6.45) is -2.38. The molecule has 0 saturated heterocycles. The van der Waals surface area contributed by atoms with Crippen LogP contribution in [-0.4, -0.2) is 51.9 Å². The van der Waals surface area contributed by atoms with Gasteiger partial charge in [0.25, 0.3) is 0 Å². The number of aliphatic imine (C=N–C) groups is 1. The van der Waals surface area contributed by atoms with Gasteiger partial charge in [0.05, 0.1) is 0 Å². The van der Waals surface area contributed by atoms with Crippen molar-refractivity contribution in [2.75, 3.05) is 6.61 Å². The number of alkyl halides is 2. The van der Waals surface area contributed by atoms with Crippen LogP contribution in [0, 0.1) is 0 Å². The maximum atomic E-state index is 14.9. The molecule has 172 valence electrons. The van der Waals surface area contributed by atoms with Gasteiger partial charge >= 0.3 is 24.1 Å². The minimum atomic E-state index is -3.52. The van der Waals surface area contributed by atoms with E-state index in [1.807, 2.05) is 0 Å². The van der Waals surface area contributed by atoms with Gasteiger partial charge in [-0.3, -0.25) is 0 Å². The van der Waals surface area contributed by atoms with Gasteiger partial charge in [0.15, 0.2) is 12.1 Å². The highest BCUT2D eigenvalue weighted by Gasteiger charge is 2.57. The summed E-state index contributed by atoms with van der Waals surface area (Å²) in [5.74, 6) is -3.76. The van der Waals surface area contributed by atoms with Crippen molar-refractivity contribution in [2.24, 2.45) is 4.99 Å². The predicted molar refractivity (Wildman–Crippen MR) is 108 cm³/mol. The van der Waals surface area contributed by atoms with Crippen molar-refractivity contribution in [1.29, 1.82) is 0 Å². The second-order valence-corrected chi connectivity index (χ2v) is 9.31. The highest BCUT2D eigenvalue weighted by Crippen LogP contribution is 2.44. The topological polar surface area (TPSA) is 97.7 Å². The molecule has 0 saturated carbocycles. The molecule has 1 aliphatic heterocycles. The Kier molecular flexibility index (Phi) is 6.27. The number of amides is 2. The zero-order chi connectivity index (χ0) is 23.8. The summed E-state index contributed by atoms with van der Waals surface area (Å²) < 4.78 is 45.3. The number of rotatable bonds is 1. The van der Waals surface area contributed by atoms with E-state index in [0.717, 1.165) is 13.0 Å². The zero-order valence-corrected chi connectivity index (χ0v) is 18.7. The number of halogens is 2. The third kappa shape index (κ3) is 5.62. The first-order chi connectivity index (χ1) is 14.0. The Hall–Kier alpha value is -2.91. The average Bonchev–Trinajstić information content (AvgIpc) is 2.55. The van der Waals surface area contributed by atoms with E-state index in [9.17, 15) is 23.5 Å². The molecule has 0 fully saturated rings. The molecular formula is C21H28F2N2O6. The number of aromatic hydroxyl groups is 1. The lowest BCUT2D eigenvalue weighted by Gasteiger charge is -2.39. The van der Waals surface area contributed by atoms with Crippen molar-refractivity contribution in [3.8, 4) is 5.75 Å². The summed E-state index contributed by atoms with van der Waals surface area (Å²) in [7, 11) is 0. The summed E-state index contributed by atoms with van der Waals surface area (Å²) in [4.78, 5) is 29.8. The van der Waals surface area contributed by atoms with E-state index in [4.69, 9.17) is 14.2 Å². The standard InChI is InChI=1S/C21H28F2N2O6/c1-18(2,3)30-16(27)25(17(28)31-19(4,5)6)15-24-20(7,21(22,23)12-29-15)13-9-8-10-14(26)11-13/h8-11,26H,12H2,1-7H3. The van der Waals surface area contributed by atoms with E-state index in [1.165, 1.54) is 18.2 Å². The number of ether oxygens (including phenoxy) is 3. The fourth-order valence-corrected chi connectivity index (χ4v) is 2.65. The lowest BCUT2D eigenvalue weighted by Crippen LogP contribution is -2.55. The van der Waals surface area contributed by atoms with Crippen molar-refractivity contribution in [2.45, 2.75) is 71.1 Å². The Morgan fingerprint density at radius 1 is 1.10 bits per heavy atom. The fourth-order valence-electron chi connectivity index (χ4n) is 2.65. The van der Waals surface area contributed by atoms with Crippen molar-refractivity contribution in [3.63, 3.8) is 0 Å². The molecule has 31 heavy (non-hydrogen) atoms. The number of phenolic OH excluding ortho intramolecular Hbond substituents is 1. The van der Waals surface area contributed by atoms with Crippen LogP contribution >= 0.6 is 0 Å². The SMILES string of the molecule is CC(C)(C)OC(=O)N(C(=O)OC(C)(C)C)C1=NC(C)(c2cccc(O)c2)C(F)(F)CO1. The third-order valence-electron chi connectivity index (χ3n) is 4.17. The molecule has 1 aliphatic rings. The number of carbonyl (C=O) groups excluding carboxylic acids is 2. The Bertz CT molecular complexity index is 861. The first-order valence-electron chi connectivity index (χ1n) is 9.61. The van der Waals surface area contributed by atoms with Crippen molar-refractivity contribution in [1.82, 2.24) is 4.90 Å². The van der Waals surface area contributed by atoms with Crippen LogP contribution in [0.1, 0.15) is 54.0 Å². The van der Waals surface area contributed by atoms with E-state index >= 15 is 0 Å². The summed E-state index contributed by atoms with van der Waals surface area (Å²) in [6, 6.07) is 4.50. The minimum Gasteiger partial charge on any atom is -0.508 e. The monoisotopic (exact) mass is 442 g/mol. The molecule has 0 radical (unpaired) electrons. The van der Waals surface area contributed by atoms with Gasteiger partial charge < -0.3 is 19.3 Å². The molecule has 1 unspecified atom stereocenters. The highest BCUT2D eigenvalue weighted by molar-refractivity contribution is 6.06. The van der Waals surface area contributed by atoms with Gasteiger partial charge in [0.2, 0.25) is 0 Å². The van der Waals surface area contributed by atoms with Crippen LogP contribution in [0.4, 0.5) is 18.4 Å². The second kappa shape index (κ2) is 7.97. The number of benzene rings is 1. The minimum absolute atomic E-state index is 0.0355.